The molecule has 0 unspecified atom stereocenters. The van der Waals surface area contributed by atoms with Crippen molar-refractivity contribution in [2.75, 3.05) is 4.90 Å². The Bertz CT molecular complexity index is 3160. The second-order valence-electron chi connectivity index (χ2n) is 13.7. The second-order valence-corrected chi connectivity index (χ2v) is 13.7. The van der Waals surface area contributed by atoms with Crippen molar-refractivity contribution in [1.29, 1.82) is 0 Å². The Morgan fingerprint density at radius 2 is 0.868 bits per heavy atom. The average molecular weight is 678 g/mol. The molecule has 11 aromatic rings. The summed E-state index contributed by atoms with van der Waals surface area (Å²) in [6.07, 6.45) is 0. The van der Waals surface area contributed by atoms with Gasteiger partial charge >= 0.3 is 0 Å². The average Bonchev–Trinajstić information content (AvgIpc) is 3.79. The van der Waals surface area contributed by atoms with Crippen LogP contribution in [0.2, 0.25) is 0 Å². The molecule has 2 aromatic heterocycles. The van der Waals surface area contributed by atoms with E-state index in [-0.39, 0.29) is 0 Å². The molecule has 53 heavy (non-hydrogen) atoms. The Balaban J connectivity index is 1.02. The summed E-state index contributed by atoms with van der Waals surface area (Å²) in [7, 11) is 0. The Hall–Kier alpha value is -7.10. The molecule has 0 N–H and O–H groups in total. The van der Waals surface area contributed by atoms with E-state index in [1.54, 1.807) is 0 Å². The minimum atomic E-state index is 0.867. The molecular formula is C50H31NO2. The highest BCUT2D eigenvalue weighted by molar-refractivity contribution is 6.19. The molecule has 3 nitrogen and oxygen atoms in total. The molecule has 9 aromatic carbocycles. The van der Waals surface area contributed by atoms with Crippen LogP contribution in [0.25, 0.3) is 87.7 Å². The van der Waals surface area contributed by atoms with Crippen molar-refractivity contribution in [2.45, 2.75) is 0 Å². The van der Waals surface area contributed by atoms with Crippen LogP contribution < -0.4 is 4.90 Å². The number of nitrogens with zero attached hydrogens (tertiary/aromatic N) is 1. The lowest BCUT2D eigenvalue weighted by Crippen LogP contribution is -2.09. The summed E-state index contributed by atoms with van der Waals surface area (Å²) < 4.78 is 12.7. The van der Waals surface area contributed by atoms with Crippen molar-refractivity contribution < 1.29 is 8.83 Å². The van der Waals surface area contributed by atoms with Gasteiger partial charge in [-0.05, 0) is 104 Å². The molecule has 0 bridgehead atoms. The fourth-order valence-corrected chi connectivity index (χ4v) is 8.10. The Kier molecular flexibility index (Phi) is 6.55. The Morgan fingerprint density at radius 1 is 0.302 bits per heavy atom. The van der Waals surface area contributed by atoms with Crippen molar-refractivity contribution in [2.24, 2.45) is 0 Å². The van der Waals surface area contributed by atoms with E-state index >= 15 is 0 Å². The van der Waals surface area contributed by atoms with Gasteiger partial charge in [0.25, 0.3) is 0 Å². The van der Waals surface area contributed by atoms with Crippen LogP contribution in [0.5, 0.6) is 0 Å². The Morgan fingerprint density at radius 3 is 1.68 bits per heavy atom. The van der Waals surface area contributed by atoms with Gasteiger partial charge in [0.1, 0.15) is 22.3 Å². The third-order valence-corrected chi connectivity index (χ3v) is 10.7. The summed E-state index contributed by atoms with van der Waals surface area (Å²) in [5, 5.41) is 9.44. The summed E-state index contributed by atoms with van der Waals surface area (Å²) in [5.74, 6) is 0. The minimum absolute atomic E-state index is 0.867. The summed E-state index contributed by atoms with van der Waals surface area (Å²) >= 11 is 0. The van der Waals surface area contributed by atoms with Crippen molar-refractivity contribution in [3.63, 3.8) is 0 Å². The van der Waals surface area contributed by atoms with Crippen LogP contribution in [0.1, 0.15) is 0 Å². The number of hydrogen-bond acceptors (Lipinski definition) is 3. The van der Waals surface area contributed by atoms with Crippen LogP contribution in [0, 0.1) is 0 Å². The molecule has 0 fully saturated rings. The van der Waals surface area contributed by atoms with E-state index in [0.29, 0.717) is 0 Å². The van der Waals surface area contributed by atoms with Crippen LogP contribution in [0.4, 0.5) is 17.1 Å². The van der Waals surface area contributed by atoms with Gasteiger partial charge in [-0.25, -0.2) is 0 Å². The number of anilines is 3. The third-order valence-electron chi connectivity index (χ3n) is 10.7. The van der Waals surface area contributed by atoms with Gasteiger partial charge < -0.3 is 13.7 Å². The predicted octanol–water partition coefficient (Wildman–Crippen LogP) is 14.6. The number of rotatable bonds is 5. The zero-order chi connectivity index (χ0) is 34.9. The molecule has 0 amide bonds. The van der Waals surface area contributed by atoms with Gasteiger partial charge in [0.05, 0.1) is 0 Å². The molecule has 0 saturated heterocycles. The van der Waals surface area contributed by atoms with Gasteiger partial charge in [-0.1, -0.05) is 121 Å². The molecule has 0 aliphatic heterocycles. The minimum Gasteiger partial charge on any atom is -0.456 e. The number of para-hydroxylation sites is 1. The van der Waals surface area contributed by atoms with Crippen LogP contribution in [0.15, 0.2) is 197 Å². The summed E-state index contributed by atoms with van der Waals surface area (Å²) in [6.45, 7) is 0. The van der Waals surface area contributed by atoms with Gasteiger partial charge in [-0.3, -0.25) is 0 Å². The van der Waals surface area contributed by atoms with Crippen LogP contribution in [-0.4, -0.2) is 0 Å². The van der Waals surface area contributed by atoms with Gasteiger partial charge in [-0.2, -0.15) is 0 Å². The summed E-state index contributed by atoms with van der Waals surface area (Å²) in [4.78, 5) is 2.31. The first kappa shape index (κ1) is 29.6. The fourth-order valence-electron chi connectivity index (χ4n) is 8.10. The molecule has 0 spiro atoms. The van der Waals surface area contributed by atoms with E-state index in [9.17, 15) is 0 Å². The van der Waals surface area contributed by atoms with Crippen molar-refractivity contribution >= 4 is 82.5 Å². The van der Waals surface area contributed by atoms with Gasteiger partial charge in [-0.15, -0.1) is 0 Å². The fraction of sp³-hybridized carbons (Fsp3) is 0. The first-order valence-electron chi connectivity index (χ1n) is 18.0. The highest BCUT2D eigenvalue weighted by atomic mass is 16.3. The van der Waals surface area contributed by atoms with Gasteiger partial charge in [0.15, 0.2) is 0 Å². The molecule has 0 radical (unpaired) electrons. The van der Waals surface area contributed by atoms with Crippen molar-refractivity contribution in [3.8, 4) is 22.3 Å². The zero-order valence-corrected chi connectivity index (χ0v) is 28.7. The number of furan rings is 2. The number of benzene rings is 9. The molecule has 0 aliphatic carbocycles. The highest BCUT2D eigenvalue weighted by Gasteiger charge is 2.17. The lowest BCUT2D eigenvalue weighted by atomic mass is 9.98. The maximum Gasteiger partial charge on any atom is 0.137 e. The first-order chi connectivity index (χ1) is 26.2. The van der Waals surface area contributed by atoms with Crippen LogP contribution >= 0.6 is 0 Å². The first-order valence-corrected chi connectivity index (χ1v) is 18.0. The molecule has 11 rings (SSSR count). The molecule has 248 valence electrons. The van der Waals surface area contributed by atoms with Crippen LogP contribution in [0.3, 0.4) is 0 Å². The molecule has 2 heterocycles. The molecule has 0 saturated carbocycles. The monoisotopic (exact) mass is 677 g/mol. The normalized spacial score (nSPS) is 11.8. The SMILES string of the molecule is c1ccc2c(-c3ccc(N(c4ccc(-c5ccc6oc7ccc8ccccc8c7c6c5)cc4)c4ccc5c(c4)oc4ccccc45)cc3)cccc2c1. The topological polar surface area (TPSA) is 29.5 Å². The van der Waals surface area contributed by atoms with E-state index in [0.717, 1.165) is 72.1 Å². The maximum atomic E-state index is 6.36. The quantitative estimate of drug-likeness (QED) is 0.182. The molecular weight excluding hydrogens is 647 g/mol. The molecule has 3 heteroatoms. The standard InChI is InChI=1S/C50H31NO2/c1-3-11-40-33(8-1)10-7-14-41(40)35-18-24-38(25-19-35)51(39-26-27-44-43-13-5-6-15-46(43)53-49(44)31-39)37-22-16-32(17-23-37)36-21-28-47-45(30-36)50-42-12-4-2-9-34(42)20-29-48(50)52-47/h1-31H. The van der Waals surface area contributed by atoms with E-state index in [4.69, 9.17) is 8.83 Å². The Labute approximate surface area is 305 Å². The van der Waals surface area contributed by atoms with Crippen molar-refractivity contribution in [1.82, 2.24) is 0 Å². The van der Waals surface area contributed by atoms with E-state index in [2.05, 4.69) is 181 Å². The van der Waals surface area contributed by atoms with E-state index in [1.165, 1.54) is 32.7 Å². The second kappa shape index (κ2) is 11.7. The van der Waals surface area contributed by atoms with Gasteiger partial charge in [0.2, 0.25) is 0 Å². The molecule has 0 atom stereocenters. The summed E-state index contributed by atoms with van der Waals surface area (Å²) in [6, 6.07) is 66.8. The lowest BCUT2D eigenvalue weighted by Gasteiger charge is -2.26. The largest absolute Gasteiger partial charge is 0.456 e. The lowest BCUT2D eigenvalue weighted by molar-refractivity contribution is 0.668. The number of fused-ring (bicyclic) bond motifs is 9. The maximum absolute atomic E-state index is 6.36. The third kappa shape index (κ3) is 4.82. The smallest absolute Gasteiger partial charge is 0.137 e. The molecule has 0 aliphatic rings. The van der Waals surface area contributed by atoms with E-state index in [1.807, 2.05) is 12.1 Å². The zero-order valence-electron chi connectivity index (χ0n) is 28.7. The number of hydrogen-bond donors (Lipinski definition) is 0. The predicted molar refractivity (Wildman–Crippen MR) is 222 cm³/mol. The van der Waals surface area contributed by atoms with Crippen LogP contribution in [-0.2, 0) is 0 Å². The summed E-state index contributed by atoms with van der Waals surface area (Å²) in [5.41, 5.74) is 11.4. The van der Waals surface area contributed by atoms with Gasteiger partial charge in [0, 0.05) is 44.7 Å². The highest BCUT2D eigenvalue weighted by Crippen LogP contribution is 2.41. The van der Waals surface area contributed by atoms with Crippen molar-refractivity contribution in [3.05, 3.63) is 188 Å². The van der Waals surface area contributed by atoms with E-state index < -0.39 is 0 Å².